The third kappa shape index (κ3) is 3.46. The summed E-state index contributed by atoms with van der Waals surface area (Å²) in [6, 6.07) is 0.867. The third-order valence-electron chi connectivity index (χ3n) is 5.01. The Labute approximate surface area is 122 Å². The minimum atomic E-state index is 0.324. The molecule has 0 aromatic carbocycles. The van der Waals surface area contributed by atoms with Crippen LogP contribution < -0.4 is 5.32 Å². The summed E-state index contributed by atoms with van der Waals surface area (Å²) in [6.45, 7) is 7.41. The molecular weight excluding hydrogens is 250 g/mol. The van der Waals surface area contributed by atoms with Gasteiger partial charge in [-0.15, -0.1) is 0 Å². The molecule has 0 spiro atoms. The highest BCUT2D eigenvalue weighted by molar-refractivity contribution is 5.75. The molecule has 2 aliphatic heterocycles. The van der Waals surface area contributed by atoms with Crippen LogP contribution in [0.5, 0.6) is 0 Å². The number of nitrogens with one attached hydrogen (secondary N) is 1. The van der Waals surface area contributed by atoms with Crippen LogP contribution in [0.3, 0.4) is 0 Å². The molecule has 0 radical (unpaired) electrons. The molecule has 3 aliphatic rings. The first kappa shape index (κ1) is 14.2. The van der Waals surface area contributed by atoms with Gasteiger partial charge in [0.15, 0.2) is 0 Å². The second-order valence-corrected chi connectivity index (χ2v) is 7.07. The molecule has 4 nitrogen and oxygen atoms in total. The molecule has 0 bridgehead atoms. The second-order valence-electron chi connectivity index (χ2n) is 7.07. The number of likely N-dealkylation sites (tertiary alicyclic amines) is 1. The first-order valence-corrected chi connectivity index (χ1v) is 8.50. The van der Waals surface area contributed by atoms with E-state index in [1.807, 2.05) is 0 Å². The van der Waals surface area contributed by atoms with Crippen molar-refractivity contribution < 1.29 is 4.79 Å². The average Bonchev–Trinajstić information content (AvgIpc) is 3.30. The molecule has 3 rings (SSSR count). The molecule has 1 saturated carbocycles. The fourth-order valence-corrected chi connectivity index (χ4v) is 3.67. The van der Waals surface area contributed by atoms with Gasteiger partial charge < -0.3 is 15.1 Å². The number of rotatable bonds is 3. The Morgan fingerprint density at radius 2 is 2.10 bits per heavy atom. The molecule has 20 heavy (non-hydrogen) atoms. The minimum Gasteiger partial charge on any atom is -0.324 e. The molecule has 114 valence electrons. The lowest BCUT2D eigenvalue weighted by atomic mass is 9.98. The van der Waals surface area contributed by atoms with Crippen molar-refractivity contribution in [2.24, 2.45) is 11.8 Å². The van der Waals surface area contributed by atoms with Crippen LogP contribution in [0.25, 0.3) is 0 Å². The van der Waals surface area contributed by atoms with Gasteiger partial charge in [0.2, 0.25) is 0 Å². The topological polar surface area (TPSA) is 35.6 Å². The van der Waals surface area contributed by atoms with Crippen LogP contribution in [0.15, 0.2) is 0 Å². The number of urea groups is 1. The van der Waals surface area contributed by atoms with Gasteiger partial charge in [0.1, 0.15) is 0 Å². The number of hydrogen-bond acceptors (Lipinski definition) is 2. The van der Waals surface area contributed by atoms with E-state index in [0.717, 1.165) is 32.7 Å². The van der Waals surface area contributed by atoms with E-state index >= 15 is 0 Å². The van der Waals surface area contributed by atoms with Crippen molar-refractivity contribution in [3.63, 3.8) is 0 Å². The first-order chi connectivity index (χ1) is 9.74. The molecule has 3 fully saturated rings. The van der Waals surface area contributed by atoms with Crippen LogP contribution in [0.2, 0.25) is 0 Å². The molecule has 1 N–H and O–H groups in total. The van der Waals surface area contributed by atoms with E-state index in [4.69, 9.17) is 0 Å². The summed E-state index contributed by atoms with van der Waals surface area (Å²) in [6.07, 6.45) is 7.43. The first-order valence-electron chi connectivity index (χ1n) is 8.50. The van der Waals surface area contributed by atoms with Crippen LogP contribution in [0.4, 0.5) is 4.79 Å². The highest BCUT2D eigenvalue weighted by atomic mass is 16.2. The summed E-state index contributed by atoms with van der Waals surface area (Å²) < 4.78 is 0. The van der Waals surface area contributed by atoms with Crippen LogP contribution in [0.1, 0.15) is 45.4 Å². The predicted molar refractivity (Wildman–Crippen MR) is 80.7 cm³/mol. The summed E-state index contributed by atoms with van der Waals surface area (Å²) >= 11 is 0. The largest absolute Gasteiger partial charge is 0.324 e. The fourth-order valence-electron chi connectivity index (χ4n) is 3.67. The van der Waals surface area contributed by atoms with E-state index in [9.17, 15) is 4.79 Å². The smallest absolute Gasteiger partial charge is 0.320 e. The van der Waals surface area contributed by atoms with Crippen LogP contribution in [0, 0.1) is 11.8 Å². The Hall–Kier alpha value is -0.770. The van der Waals surface area contributed by atoms with E-state index in [0.29, 0.717) is 23.9 Å². The molecule has 2 saturated heterocycles. The summed E-state index contributed by atoms with van der Waals surface area (Å²) in [5.41, 5.74) is 0. The van der Waals surface area contributed by atoms with Crippen LogP contribution in [-0.4, -0.2) is 54.6 Å². The Balaban J connectivity index is 1.59. The van der Waals surface area contributed by atoms with E-state index in [-0.39, 0.29) is 0 Å². The van der Waals surface area contributed by atoms with Crippen LogP contribution >= 0.6 is 0 Å². The zero-order valence-corrected chi connectivity index (χ0v) is 12.8. The van der Waals surface area contributed by atoms with E-state index < -0.39 is 0 Å². The lowest BCUT2D eigenvalue weighted by Crippen LogP contribution is -2.50. The molecule has 0 aromatic rings. The van der Waals surface area contributed by atoms with Gasteiger partial charge in [0, 0.05) is 25.7 Å². The molecule has 2 atom stereocenters. The van der Waals surface area contributed by atoms with Crippen molar-refractivity contribution in [3.05, 3.63) is 0 Å². The summed E-state index contributed by atoms with van der Waals surface area (Å²) in [7, 11) is 0. The second kappa shape index (κ2) is 6.33. The van der Waals surface area contributed by atoms with Crippen molar-refractivity contribution in [1.82, 2.24) is 15.1 Å². The third-order valence-corrected chi connectivity index (χ3v) is 5.01. The standard InChI is InChI=1S/C16H29N3O/c1-13-4-3-9-18(11-13)16(20)19(15-6-7-15)12-14-5-2-8-17-10-14/h13-15,17H,2-12H2,1H3. The Kier molecular flexibility index (Phi) is 4.49. The van der Waals surface area contributed by atoms with Crippen molar-refractivity contribution in [3.8, 4) is 0 Å². The van der Waals surface area contributed by atoms with Gasteiger partial charge in [-0.1, -0.05) is 6.92 Å². The molecule has 4 heteroatoms. The van der Waals surface area contributed by atoms with Gasteiger partial charge in [-0.05, 0) is 63.5 Å². The summed E-state index contributed by atoms with van der Waals surface area (Å²) in [5, 5.41) is 3.47. The Morgan fingerprint density at radius 1 is 1.25 bits per heavy atom. The number of carbonyl (C=O) groups excluding carboxylic acids is 1. The summed E-state index contributed by atoms with van der Waals surface area (Å²) in [4.78, 5) is 17.1. The maximum atomic E-state index is 12.8. The Bertz CT molecular complexity index is 337. The van der Waals surface area contributed by atoms with Gasteiger partial charge in [-0.25, -0.2) is 4.79 Å². The molecule has 2 unspecified atom stereocenters. The molecular formula is C16H29N3O. The maximum absolute atomic E-state index is 12.8. The number of hydrogen-bond donors (Lipinski definition) is 1. The maximum Gasteiger partial charge on any atom is 0.320 e. The van der Waals surface area contributed by atoms with Crippen molar-refractivity contribution in [2.45, 2.75) is 51.5 Å². The van der Waals surface area contributed by atoms with Gasteiger partial charge in [0.05, 0.1) is 0 Å². The van der Waals surface area contributed by atoms with Crippen LogP contribution in [-0.2, 0) is 0 Å². The molecule has 0 aromatic heterocycles. The Morgan fingerprint density at radius 3 is 2.75 bits per heavy atom. The monoisotopic (exact) mass is 279 g/mol. The average molecular weight is 279 g/mol. The van der Waals surface area contributed by atoms with E-state index in [2.05, 4.69) is 22.0 Å². The highest BCUT2D eigenvalue weighted by Gasteiger charge is 2.37. The number of carbonyl (C=O) groups is 1. The van der Waals surface area contributed by atoms with Gasteiger partial charge >= 0.3 is 6.03 Å². The molecule has 2 amide bonds. The quantitative estimate of drug-likeness (QED) is 0.860. The lowest BCUT2D eigenvalue weighted by Gasteiger charge is -2.37. The minimum absolute atomic E-state index is 0.324. The van der Waals surface area contributed by atoms with Crippen molar-refractivity contribution >= 4 is 6.03 Å². The summed E-state index contributed by atoms with van der Waals surface area (Å²) in [5.74, 6) is 1.33. The zero-order valence-electron chi connectivity index (χ0n) is 12.8. The van der Waals surface area contributed by atoms with Gasteiger partial charge in [-0.2, -0.15) is 0 Å². The predicted octanol–water partition coefficient (Wildman–Crippen LogP) is 2.30. The highest BCUT2D eigenvalue weighted by Crippen LogP contribution is 2.30. The number of amides is 2. The molecule has 2 heterocycles. The van der Waals surface area contributed by atoms with Gasteiger partial charge in [-0.3, -0.25) is 0 Å². The lowest BCUT2D eigenvalue weighted by molar-refractivity contribution is 0.119. The molecule has 1 aliphatic carbocycles. The van der Waals surface area contributed by atoms with E-state index in [1.54, 1.807) is 0 Å². The number of nitrogens with zero attached hydrogens (tertiary/aromatic N) is 2. The normalized spacial score (nSPS) is 31.1. The van der Waals surface area contributed by atoms with E-state index in [1.165, 1.54) is 38.5 Å². The van der Waals surface area contributed by atoms with Gasteiger partial charge in [0.25, 0.3) is 0 Å². The van der Waals surface area contributed by atoms with Crippen molar-refractivity contribution in [2.75, 3.05) is 32.7 Å². The SMILES string of the molecule is CC1CCCN(C(=O)N(CC2CCCNC2)C2CC2)C1. The number of piperidine rings is 2. The van der Waals surface area contributed by atoms with Crippen molar-refractivity contribution in [1.29, 1.82) is 0 Å². The fraction of sp³-hybridized carbons (Fsp3) is 0.938. The zero-order chi connectivity index (χ0) is 13.9.